The van der Waals surface area contributed by atoms with Crippen molar-refractivity contribution in [1.29, 1.82) is 0 Å². The van der Waals surface area contributed by atoms with E-state index in [1.807, 2.05) is 0 Å². The van der Waals surface area contributed by atoms with E-state index in [0.717, 1.165) is 6.04 Å². The molecule has 0 N–H and O–H groups in total. The van der Waals surface area contributed by atoms with Crippen molar-refractivity contribution in [2.75, 3.05) is 13.1 Å². The van der Waals surface area contributed by atoms with Gasteiger partial charge in [-0.15, -0.1) is 0 Å². The zero-order valence-electron chi connectivity index (χ0n) is 8.77. The second kappa shape index (κ2) is 4.86. The molecule has 0 amide bonds. The smallest absolute Gasteiger partial charge is 0.00928 e. The van der Waals surface area contributed by atoms with Crippen LogP contribution < -0.4 is 0 Å². The molecule has 1 atom stereocenters. The van der Waals surface area contributed by atoms with Crippen LogP contribution in [0.5, 0.6) is 0 Å². The third-order valence-corrected chi connectivity index (χ3v) is 2.74. The maximum Gasteiger partial charge on any atom is 0.00928 e. The Kier molecular flexibility index (Phi) is 4.07. The Bertz CT molecular complexity index is 120. The lowest BCUT2D eigenvalue weighted by Gasteiger charge is -2.36. The van der Waals surface area contributed by atoms with Crippen LogP contribution in [0, 0.1) is 5.92 Å². The van der Waals surface area contributed by atoms with E-state index < -0.39 is 0 Å². The van der Waals surface area contributed by atoms with Crippen molar-refractivity contribution in [3.05, 3.63) is 5.92 Å². The highest BCUT2D eigenvalue weighted by molar-refractivity contribution is 4.86. The van der Waals surface area contributed by atoms with Gasteiger partial charge in [-0.25, -0.2) is 0 Å². The predicted molar refractivity (Wildman–Crippen MR) is 54.1 cm³/mol. The van der Waals surface area contributed by atoms with Crippen LogP contribution in [0.15, 0.2) is 0 Å². The molecule has 0 aromatic carbocycles. The Labute approximate surface area is 77.1 Å². The van der Waals surface area contributed by atoms with Crippen LogP contribution in [0.1, 0.15) is 46.5 Å². The minimum Gasteiger partial charge on any atom is -0.300 e. The fourth-order valence-electron chi connectivity index (χ4n) is 2.14. The van der Waals surface area contributed by atoms with E-state index in [4.69, 9.17) is 0 Å². The molecule has 1 aliphatic rings. The molecule has 12 heavy (non-hydrogen) atoms. The monoisotopic (exact) mass is 168 g/mol. The standard InChI is InChI=1S/C11H22N/c1-4-11-7-5-6-8-12(11)9-10(2)3/h11H,4-9H2,1-3H3. The molecule has 0 bridgehead atoms. The number of nitrogens with zero attached hydrogens (tertiary/aromatic N) is 1. The largest absolute Gasteiger partial charge is 0.300 e. The van der Waals surface area contributed by atoms with Crippen LogP contribution >= 0.6 is 0 Å². The number of rotatable bonds is 3. The lowest BCUT2D eigenvalue weighted by Crippen LogP contribution is -2.40. The van der Waals surface area contributed by atoms with E-state index in [9.17, 15) is 0 Å². The summed E-state index contributed by atoms with van der Waals surface area (Å²) in [5, 5.41) is 0. The molecule has 1 radical (unpaired) electrons. The van der Waals surface area contributed by atoms with Gasteiger partial charge in [0.2, 0.25) is 0 Å². The average Bonchev–Trinajstić information content (AvgIpc) is 2.04. The molecule has 1 aliphatic heterocycles. The van der Waals surface area contributed by atoms with Gasteiger partial charge in [-0.1, -0.05) is 27.2 Å². The Hall–Kier alpha value is -0.0400. The first-order chi connectivity index (χ1) is 5.74. The van der Waals surface area contributed by atoms with Gasteiger partial charge in [-0.05, 0) is 31.7 Å². The van der Waals surface area contributed by atoms with E-state index in [-0.39, 0.29) is 0 Å². The number of hydrogen-bond donors (Lipinski definition) is 0. The summed E-state index contributed by atoms with van der Waals surface area (Å²) in [5.41, 5.74) is 0. The van der Waals surface area contributed by atoms with Gasteiger partial charge in [0.25, 0.3) is 0 Å². The number of piperidine rings is 1. The summed E-state index contributed by atoms with van der Waals surface area (Å²) in [7, 11) is 0. The quantitative estimate of drug-likeness (QED) is 0.626. The highest BCUT2D eigenvalue weighted by atomic mass is 15.2. The van der Waals surface area contributed by atoms with Crippen LogP contribution in [-0.2, 0) is 0 Å². The summed E-state index contributed by atoms with van der Waals surface area (Å²) >= 11 is 0. The Balaban J connectivity index is 2.36. The summed E-state index contributed by atoms with van der Waals surface area (Å²) < 4.78 is 0. The van der Waals surface area contributed by atoms with E-state index in [2.05, 4.69) is 25.7 Å². The highest BCUT2D eigenvalue weighted by Crippen LogP contribution is 2.20. The predicted octanol–water partition coefficient (Wildman–Crippen LogP) is 2.87. The molecule has 1 rings (SSSR count). The maximum absolute atomic E-state index is 2.65. The lowest BCUT2D eigenvalue weighted by molar-refractivity contribution is 0.150. The Morgan fingerprint density at radius 2 is 2.08 bits per heavy atom. The first-order valence-corrected chi connectivity index (χ1v) is 5.27. The van der Waals surface area contributed by atoms with Gasteiger partial charge >= 0.3 is 0 Å². The normalized spacial score (nSPS) is 26.5. The van der Waals surface area contributed by atoms with Crippen molar-refractivity contribution in [3.8, 4) is 0 Å². The molecule has 0 aromatic rings. The summed E-state index contributed by atoms with van der Waals surface area (Å²) in [5.74, 6) is 1.55. The SMILES string of the molecule is CCC1CCCCN1C[C](C)C. The number of likely N-dealkylation sites (tertiary alicyclic amines) is 1. The first-order valence-electron chi connectivity index (χ1n) is 5.27. The molecule has 1 unspecified atom stereocenters. The fraction of sp³-hybridized carbons (Fsp3) is 0.909. The molecule has 0 aromatic heterocycles. The summed E-state index contributed by atoms with van der Waals surface area (Å²) in [6, 6.07) is 0.869. The van der Waals surface area contributed by atoms with Gasteiger partial charge in [-0.3, -0.25) is 4.90 Å². The molecular formula is C11H22N. The van der Waals surface area contributed by atoms with Gasteiger partial charge in [-0.2, -0.15) is 0 Å². The van der Waals surface area contributed by atoms with Gasteiger partial charge in [0.05, 0.1) is 0 Å². The topological polar surface area (TPSA) is 3.24 Å². The van der Waals surface area contributed by atoms with Crippen molar-refractivity contribution in [1.82, 2.24) is 4.90 Å². The third-order valence-electron chi connectivity index (χ3n) is 2.74. The molecule has 0 aliphatic carbocycles. The molecule has 1 fully saturated rings. The summed E-state index contributed by atoms with van der Waals surface area (Å²) in [6.07, 6.45) is 5.60. The minimum absolute atomic E-state index is 0.869. The molecule has 1 heteroatoms. The van der Waals surface area contributed by atoms with Gasteiger partial charge in [0.1, 0.15) is 0 Å². The van der Waals surface area contributed by atoms with Crippen molar-refractivity contribution < 1.29 is 0 Å². The van der Waals surface area contributed by atoms with Crippen molar-refractivity contribution in [2.24, 2.45) is 0 Å². The van der Waals surface area contributed by atoms with Crippen LogP contribution in [0.2, 0.25) is 0 Å². The molecule has 0 saturated carbocycles. The molecular weight excluding hydrogens is 146 g/mol. The van der Waals surface area contributed by atoms with E-state index in [1.165, 1.54) is 38.8 Å². The second-order valence-electron chi connectivity index (χ2n) is 4.24. The van der Waals surface area contributed by atoms with Crippen molar-refractivity contribution in [3.63, 3.8) is 0 Å². The number of hydrogen-bond acceptors (Lipinski definition) is 1. The molecule has 0 spiro atoms. The highest BCUT2D eigenvalue weighted by Gasteiger charge is 2.20. The van der Waals surface area contributed by atoms with E-state index in [0.29, 0.717) is 0 Å². The summed E-state index contributed by atoms with van der Waals surface area (Å²) in [6.45, 7) is 9.33. The third kappa shape index (κ3) is 2.78. The first kappa shape index (κ1) is 10.0. The fourth-order valence-corrected chi connectivity index (χ4v) is 2.14. The zero-order chi connectivity index (χ0) is 8.97. The molecule has 1 heterocycles. The van der Waals surface area contributed by atoms with Gasteiger partial charge < -0.3 is 0 Å². The van der Waals surface area contributed by atoms with Crippen molar-refractivity contribution in [2.45, 2.75) is 52.5 Å². The molecule has 1 saturated heterocycles. The van der Waals surface area contributed by atoms with Crippen LogP contribution in [0.3, 0.4) is 0 Å². The van der Waals surface area contributed by atoms with E-state index >= 15 is 0 Å². The van der Waals surface area contributed by atoms with Crippen LogP contribution in [0.25, 0.3) is 0 Å². The van der Waals surface area contributed by atoms with Crippen LogP contribution in [0.4, 0.5) is 0 Å². The van der Waals surface area contributed by atoms with Gasteiger partial charge in [0.15, 0.2) is 0 Å². The Morgan fingerprint density at radius 3 is 2.67 bits per heavy atom. The van der Waals surface area contributed by atoms with E-state index in [1.54, 1.807) is 5.92 Å². The summed E-state index contributed by atoms with van der Waals surface area (Å²) in [4.78, 5) is 2.65. The average molecular weight is 168 g/mol. The van der Waals surface area contributed by atoms with Gasteiger partial charge in [0, 0.05) is 12.6 Å². The maximum atomic E-state index is 2.65. The zero-order valence-corrected chi connectivity index (χ0v) is 8.77. The molecule has 71 valence electrons. The second-order valence-corrected chi connectivity index (χ2v) is 4.24. The van der Waals surface area contributed by atoms with Crippen LogP contribution in [-0.4, -0.2) is 24.0 Å². The van der Waals surface area contributed by atoms with Crippen molar-refractivity contribution >= 4 is 0 Å². The lowest BCUT2D eigenvalue weighted by atomic mass is 9.99. The molecule has 1 nitrogen and oxygen atoms in total. The Morgan fingerprint density at radius 1 is 1.33 bits per heavy atom. The minimum atomic E-state index is 0.869.